The van der Waals surface area contributed by atoms with Gasteiger partial charge in [0.2, 0.25) is 0 Å². The number of nitrogens with two attached hydrogens (primary N) is 1. The summed E-state index contributed by atoms with van der Waals surface area (Å²) < 4.78 is 0. The van der Waals surface area contributed by atoms with Gasteiger partial charge in [0, 0.05) is 10.6 Å². The van der Waals surface area contributed by atoms with E-state index in [-0.39, 0.29) is 0 Å². The van der Waals surface area contributed by atoms with Gasteiger partial charge in [-0.25, -0.2) is 4.85 Å². The van der Waals surface area contributed by atoms with Crippen LogP contribution in [0.15, 0.2) is 23.1 Å². The third-order valence-corrected chi connectivity index (χ3v) is 1.53. The summed E-state index contributed by atoms with van der Waals surface area (Å²) in [5.41, 5.74) is 6.64. The van der Waals surface area contributed by atoms with Crippen molar-refractivity contribution in [2.45, 2.75) is 4.90 Å². The molecule has 10 heavy (non-hydrogen) atoms. The maximum Gasteiger partial charge on any atom is 0.188 e. The number of hydrogen-bond donors (Lipinski definition) is 2. The zero-order chi connectivity index (χ0) is 7.56. The second kappa shape index (κ2) is 2.63. The summed E-state index contributed by atoms with van der Waals surface area (Å²) in [6.45, 7) is 6.66. The molecule has 1 aromatic rings. The number of benzene rings is 1. The molecule has 0 unspecified atom stereocenters. The number of anilines is 1. The average Bonchev–Trinajstić information content (AvgIpc) is 1.95. The third-order valence-electron chi connectivity index (χ3n) is 1.14. The molecule has 0 amide bonds. The minimum atomic E-state index is 0.569. The van der Waals surface area contributed by atoms with E-state index in [0.717, 1.165) is 0 Å². The lowest BCUT2D eigenvalue weighted by Crippen LogP contribution is -1.84. The lowest BCUT2D eigenvalue weighted by Gasteiger charge is -1.96. The van der Waals surface area contributed by atoms with Crippen LogP contribution < -0.4 is 5.73 Å². The lowest BCUT2D eigenvalue weighted by molar-refractivity contribution is 1.49. The Labute approximate surface area is 64.9 Å². The molecule has 1 rings (SSSR count). The van der Waals surface area contributed by atoms with Gasteiger partial charge in [-0.15, -0.1) is 12.6 Å². The SMILES string of the molecule is [C-]#[N+]c1ccc(N)c(S)c1. The van der Waals surface area contributed by atoms with Crippen LogP contribution >= 0.6 is 12.6 Å². The van der Waals surface area contributed by atoms with Crippen molar-refractivity contribution in [2.75, 3.05) is 5.73 Å². The molecule has 0 aliphatic heterocycles. The van der Waals surface area contributed by atoms with Gasteiger partial charge < -0.3 is 5.73 Å². The standard InChI is InChI=1S/C7H6N2S/c1-9-5-2-3-6(8)7(10)4-5/h2-4,10H,8H2. The molecule has 0 radical (unpaired) electrons. The molecule has 0 aliphatic carbocycles. The number of thiol groups is 1. The molecule has 0 saturated carbocycles. The first-order valence-electron chi connectivity index (χ1n) is 2.70. The zero-order valence-corrected chi connectivity index (χ0v) is 6.10. The first-order chi connectivity index (χ1) is 4.74. The second-order valence-corrected chi connectivity index (χ2v) is 2.34. The molecule has 0 spiro atoms. The van der Waals surface area contributed by atoms with Crippen molar-refractivity contribution in [2.24, 2.45) is 0 Å². The first-order valence-corrected chi connectivity index (χ1v) is 3.14. The van der Waals surface area contributed by atoms with Crippen LogP contribution in [0.2, 0.25) is 0 Å². The van der Waals surface area contributed by atoms with Crippen LogP contribution in [0.3, 0.4) is 0 Å². The minimum Gasteiger partial charge on any atom is -0.398 e. The highest BCUT2D eigenvalue weighted by Crippen LogP contribution is 2.22. The fourth-order valence-corrected chi connectivity index (χ4v) is 0.808. The largest absolute Gasteiger partial charge is 0.398 e. The van der Waals surface area contributed by atoms with Crippen LogP contribution in [0.25, 0.3) is 4.85 Å². The van der Waals surface area contributed by atoms with Crippen LogP contribution in [0.1, 0.15) is 0 Å². The molecule has 0 bridgehead atoms. The molecule has 2 nitrogen and oxygen atoms in total. The smallest absolute Gasteiger partial charge is 0.188 e. The summed E-state index contributed by atoms with van der Waals surface area (Å²) in [5, 5.41) is 0. The number of nitrogens with zero attached hydrogens (tertiary/aromatic N) is 1. The predicted octanol–water partition coefficient (Wildman–Crippen LogP) is 2.11. The molecule has 0 aromatic heterocycles. The van der Waals surface area contributed by atoms with Crippen LogP contribution in [-0.2, 0) is 0 Å². The van der Waals surface area contributed by atoms with Gasteiger partial charge in [-0.05, 0) is 12.1 Å². The topological polar surface area (TPSA) is 30.4 Å². The monoisotopic (exact) mass is 150 g/mol. The van der Waals surface area contributed by atoms with E-state index in [1.807, 2.05) is 0 Å². The van der Waals surface area contributed by atoms with E-state index in [1.54, 1.807) is 18.2 Å². The summed E-state index contributed by atoms with van der Waals surface area (Å²) in [6.07, 6.45) is 0. The molecule has 1 aromatic carbocycles. The number of nitrogen functional groups attached to an aromatic ring is 1. The lowest BCUT2D eigenvalue weighted by atomic mass is 10.3. The van der Waals surface area contributed by atoms with Gasteiger partial charge in [0.15, 0.2) is 5.69 Å². The van der Waals surface area contributed by atoms with Crippen LogP contribution in [0.5, 0.6) is 0 Å². The van der Waals surface area contributed by atoms with Gasteiger partial charge in [0.05, 0.1) is 6.57 Å². The molecule has 0 fully saturated rings. The van der Waals surface area contributed by atoms with Gasteiger partial charge in [-0.2, -0.15) is 0 Å². The average molecular weight is 150 g/mol. The molecule has 0 aliphatic rings. The van der Waals surface area contributed by atoms with E-state index in [0.29, 0.717) is 16.3 Å². The zero-order valence-electron chi connectivity index (χ0n) is 5.20. The van der Waals surface area contributed by atoms with E-state index in [9.17, 15) is 0 Å². The maximum atomic E-state index is 6.66. The predicted molar refractivity (Wildman–Crippen MR) is 44.4 cm³/mol. The Morgan fingerprint density at radius 2 is 2.20 bits per heavy atom. The van der Waals surface area contributed by atoms with Crippen molar-refractivity contribution in [1.82, 2.24) is 0 Å². The number of hydrogen-bond acceptors (Lipinski definition) is 2. The molecule has 50 valence electrons. The third kappa shape index (κ3) is 1.23. The Bertz CT molecular complexity index is 288. The summed E-state index contributed by atoms with van der Waals surface area (Å²) in [5.74, 6) is 0. The Morgan fingerprint density at radius 3 is 2.70 bits per heavy atom. The summed E-state index contributed by atoms with van der Waals surface area (Å²) in [6, 6.07) is 4.99. The van der Waals surface area contributed by atoms with E-state index >= 15 is 0 Å². The minimum absolute atomic E-state index is 0.569. The van der Waals surface area contributed by atoms with Crippen molar-refractivity contribution in [3.63, 3.8) is 0 Å². The van der Waals surface area contributed by atoms with Crippen molar-refractivity contribution in [1.29, 1.82) is 0 Å². The van der Waals surface area contributed by atoms with Gasteiger partial charge in [-0.3, -0.25) is 0 Å². The quantitative estimate of drug-likeness (QED) is 0.331. The van der Waals surface area contributed by atoms with Crippen LogP contribution in [0.4, 0.5) is 11.4 Å². The number of rotatable bonds is 0. The van der Waals surface area contributed by atoms with Crippen molar-refractivity contribution in [3.05, 3.63) is 29.6 Å². The molecule has 2 N–H and O–H groups in total. The molecular formula is C7H6N2S. The first kappa shape index (κ1) is 6.97. The second-order valence-electron chi connectivity index (χ2n) is 1.85. The van der Waals surface area contributed by atoms with Crippen molar-refractivity contribution in [3.8, 4) is 0 Å². The molecule has 0 saturated heterocycles. The molecule has 3 heteroatoms. The fourth-order valence-electron chi connectivity index (χ4n) is 0.602. The van der Waals surface area contributed by atoms with Gasteiger partial charge >= 0.3 is 0 Å². The van der Waals surface area contributed by atoms with Crippen LogP contribution in [-0.4, -0.2) is 0 Å². The van der Waals surface area contributed by atoms with Gasteiger partial charge in [0.25, 0.3) is 0 Å². The Kier molecular flexibility index (Phi) is 1.83. The van der Waals surface area contributed by atoms with Gasteiger partial charge in [0.1, 0.15) is 0 Å². The normalized spacial score (nSPS) is 8.80. The highest BCUT2D eigenvalue weighted by atomic mass is 32.1. The van der Waals surface area contributed by atoms with E-state index in [1.165, 1.54) is 0 Å². The fraction of sp³-hybridized carbons (Fsp3) is 0. The van der Waals surface area contributed by atoms with E-state index < -0.39 is 0 Å². The Balaban J connectivity index is 3.20. The van der Waals surface area contributed by atoms with E-state index in [4.69, 9.17) is 12.3 Å². The van der Waals surface area contributed by atoms with Gasteiger partial charge in [-0.1, -0.05) is 6.07 Å². The van der Waals surface area contributed by atoms with Crippen molar-refractivity contribution >= 4 is 24.0 Å². The Hall–Kier alpha value is -1.14. The summed E-state index contributed by atoms with van der Waals surface area (Å²) in [4.78, 5) is 3.88. The van der Waals surface area contributed by atoms with E-state index in [2.05, 4.69) is 17.5 Å². The maximum absolute atomic E-state index is 6.66. The highest BCUT2D eigenvalue weighted by molar-refractivity contribution is 7.80. The van der Waals surface area contributed by atoms with Crippen LogP contribution in [0, 0.1) is 6.57 Å². The summed E-state index contributed by atoms with van der Waals surface area (Å²) in [7, 11) is 0. The molecule has 0 atom stereocenters. The van der Waals surface area contributed by atoms with Crippen molar-refractivity contribution < 1.29 is 0 Å². The molecule has 0 heterocycles. The Morgan fingerprint density at radius 1 is 1.50 bits per heavy atom. The highest BCUT2D eigenvalue weighted by Gasteiger charge is 1.94. The summed E-state index contributed by atoms with van der Waals surface area (Å²) >= 11 is 4.05. The molecular weight excluding hydrogens is 144 g/mol.